The molecule has 1 aliphatic carbocycles. The van der Waals surface area contributed by atoms with E-state index in [2.05, 4.69) is 12.2 Å². The second-order valence-electron chi connectivity index (χ2n) is 5.43. The third-order valence-corrected chi connectivity index (χ3v) is 4.97. The topological polar surface area (TPSA) is 72.5 Å². The zero-order valence-electron chi connectivity index (χ0n) is 11.9. The summed E-state index contributed by atoms with van der Waals surface area (Å²) in [5.74, 6) is 0.972. The lowest BCUT2D eigenvalue weighted by molar-refractivity contribution is -0.122. The summed E-state index contributed by atoms with van der Waals surface area (Å²) in [6.45, 7) is 2.14. The van der Waals surface area contributed by atoms with E-state index in [0.29, 0.717) is 17.2 Å². The molecule has 21 heavy (non-hydrogen) atoms. The molecule has 5 nitrogen and oxygen atoms in total. The Labute approximate surface area is 129 Å². The van der Waals surface area contributed by atoms with Crippen LogP contribution < -0.4 is 10.1 Å². The maximum absolute atomic E-state index is 12.0. The van der Waals surface area contributed by atoms with Gasteiger partial charge in [-0.1, -0.05) is 6.92 Å². The van der Waals surface area contributed by atoms with Crippen LogP contribution in [0.1, 0.15) is 25.3 Å². The quantitative estimate of drug-likeness (QED) is 0.838. The van der Waals surface area contributed by atoms with E-state index in [1.165, 1.54) is 25.3 Å². The number of benzene rings is 1. The first kappa shape index (κ1) is 16.1. The number of halogens is 1. The highest BCUT2D eigenvalue weighted by Gasteiger charge is 2.26. The molecule has 0 unspecified atom stereocenters. The first-order valence-electron chi connectivity index (χ1n) is 6.70. The molecule has 116 valence electrons. The van der Waals surface area contributed by atoms with Gasteiger partial charge in [0.1, 0.15) is 5.75 Å². The van der Waals surface area contributed by atoms with Gasteiger partial charge in [-0.15, -0.1) is 0 Å². The van der Waals surface area contributed by atoms with Crippen molar-refractivity contribution in [2.45, 2.75) is 37.1 Å². The molecule has 1 N–H and O–H groups in total. The summed E-state index contributed by atoms with van der Waals surface area (Å²) in [6, 6.07) is 4.46. The van der Waals surface area contributed by atoms with E-state index in [0.717, 1.165) is 12.8 Å². The Morgan fingerprint density at radius 3 is 2.62 bits per heavy atom. The number of methoxy groups -OCH3 is 1. The van der Waals surface area contributed by atoms with Crippen LogP contribution >= 0.6 is 10.7 Å². The zero-order chi connectivity index (χ0) is 15.6. The lowest BCUT2D eigenvalue weighted by atomic mass is 9.82. The SMILES string of the molecule is COc1ccc(S(=O)(=O)Cl)cc1CC(=O)NC1CC(C)C1. The minimum Gasteiger partial charge on any atom is -0.496 e. The fraction of sp³-hybridized carbons (Fsp3) is 0.500. The molecule has 0 atom stereocenters. The van der Waals surface area contributed by atoms with Crippen molar-refractivity contribution in [1.29, 1.82) is 0 Å². The van der Waals surface area contributed by atoms with E-state index in [4.69, 9.17) is 15.4 Å². The maximum Gasteiger partial charge on any atom is 0.261 e. The normalized spacial score (nSPS) is 21.5. The molecular weight excluding hydrogens is 314 g/mol. The van der Waals surface area contributed by atoms with Gasteiger partial charge >= 0.3 is 0 Å². The molecule has 0 aliphatic heterocycles. The average Bonchev–Trinajstić information content (AvgIpc) is 2.35. The molecule has 1 fully saturated rings. The summed E-state index contributed by atoms with van der Waals surface area (Å²) in [7, 11) is 2.97. The third-order valence-electron chi connectivity index (χ3n) is 3.62. The molecule has 0 aromatic heterocycles. The Hall–Kier alpha value is -1.27. The van der Waals surface area contributed by atoms with Gasteiger partial charge < -0.3 is 10.1 Å². The van der Waals surface area contributed by atoms with Crippen LogP contribution in [0.15, 0.2) is 23.1 Å². The summed E-state index contributed by atoms with van der Waals surface area (Å²) >= 11 is 0. The zero-order valence-corrected chi connectivity index (χ0v) is 13.5. The summed E-state index contributed by atoms with van der Waals surface area (Å²) in [4.78, 5) is 12.0. The van der Waals surface area contributed by atoms with Crippen molar-refractivity contribution in [1.82, 2.24) is 5.32 Å². The summed E-state index contributed by atoms with van der Waals surface area (Å²) < 4.78 is 27.9. The van der Waals surface area contributed by atoms with Crippen LogP contribution in [0.3, 0.4) is 0 Å². The van der Waals surface area contributed by atoms with Gasteiger partial charge in [0.05, 0.1) is 18.4 Å². The molecule has 1 saturated carbocycles. The smallest absolute Gasteiger partial charge is 0.261 e. The number of carbonyl (C=O) groups excluding carboxylic acids is 1. The predicted octanol–water partition coefficient (Wildman–Crippen LogP) is 2.08. The van der Waals surface area contributed by atoms with Crippen LogP contribution in [0.25, 0.3) is 0 Å². The minimum absolute atomic E-state index is 0.0370. The van der Waals surface area contributed by atoms with Crippen LogP contribution in [0, 0.1) is 5.92 Å². The van der Waals surface area contributed by atoms with E-state index in [1.807, 2.05) is 0 Å². The highest BCUT2D eigenvalue weighted by atomic mass is 35.7. The van der Waals surface area contributed by atoms with Gasteiger partial charge in [-0.25, -0.2) is 8.42 Å². The Morgan fingerprint density at radius 2 is 2.10 bits per heavy atom. The van der Waals surface area contributed by atoms with Crippen molar-refractivity contribution in [3.63, 3.8) is 0 Å². The molecule has 1 aromatic rings. The molecular formula is C14H18ClNO4S. The van der Waals surface area contributed by atoms with Gasteiger partial charge in [-0.05, 0) is 37.0 Å². The maximum atomic E-state index is 12.0. The molecule has 0 bridgehead atoms. The van der Waals surface area contributed by atoms with Crippen LogP contribution in [0.4, 0.5) is 0 Å². The van der Waals surface area contributed by atoms with Gasteiger partial charge in [0.15, 0.2) is 0 Å². The van der Waals surface area contributed by atoms with Crippen molar-refractivity contribution in [3.05, 3.63) is 23.8 Å². The van der Waals surface area contributed by atoms with Crippen LogP contribution in [0.2, 0.25) is 0 Å². The number of hydrogen-bond acceptors (Lipinski definition) is 4. The summed E-state index contributed by atoms with van der Waals surface area (Å²) in [6.07, 6.45) is 2.03. The summed E-state index contributed by atoms with van der Waals surface area (Å²) in [5, 5.41) is 2.93. The third kappa shape index (κ3) is 4.11. The Balaban J connectivity index is 2.12. The number of nitrogens with one attached hydrogen (secondary N) is 1. The molecule has 1 aromatic carbocycles. The number of amides is 1. The van der Waals surface area contributed by atoms with Crippen LogP contribution in [0.5, 0.6) is 5.75 Å². The molecule has 0 spiro atoms. The average molecular weight is 332 g/mol. The number of hydrogen-bond donors (Lipinski definition) is 1. The lowest BCUT2D eigenvalue weighted by Gasteiger charge is -2.33. The van der Waals surface area contributed by atoms with E-state index in [-0.39, 0.29) is 23.3 Å². The molecule has 0 heterocycles. The number of ether oxygens (including phenoxy) is 1. The van der Waals surface area contributed by atoms with Crippen molar-refractivity contribution < 1.29 is 17.9 Å². The Bertz CT molecular complexity index is 638. The minimum atomic E-state index is -3.82. The van der Waals surface area contributed by atoms with E-state index >= 15 is 0 Å². The first-order valence-corrected chi connectivity index (χ1v) is 9.01. The molecule has 7 heteroatoms. The van der Waals surface area contributed by atoms with Gasteiger partial charge in [-0.2, -0.15) is 0 Å². The second kappa shape index (κ2) is 6.23. The largest absolute Gasteiger partial charge is 0.496 e. The van der Waals surface area contributed by atoms with Crippen molar-refractivity contribution in [2.75, 3.05) is 7.11 Å². The first-order chi connectivity index (χ1) is 9.79. The highest BCUT2D eigenvalue weighted by Crippen LogP contribution is 2.27. The van der Waals surface area contributed by atoms with Crippen LogP contribution in [-0.4, -0.2) is 27.5 Å². The van der Waals surface area contributed by atoms with E-state index in [1.54, 1.807) is 0 Å². The lowest BCUT2D eigenvalue weighted by Crippen LogP contribution is -2.44. The molecule has 0 radical (unpaired) electrons. The van der Waals surface area contributed by atoms with Crippen molar-refractivity contribution in [3.8, 4) is 5.75 Å². The Morgan fingerprint density at radius 1 is 1.43 bits per heavy atom. The molecule has 1 aliphatic rings. The monoisotopic (exact) mass is 331 g/mol. The fourth-order valence-corrected chi connectivity index (χ4v) is 3.32. The fourth-order valence-electron chi connectivity index (χ4n) is 2.52. The van der Waals surface area contributed by atoms with Crippen molar-refractivity contribution >= 4 is 25.6 Å². The molecule has 1 amide bonds. The van der Waals surface area contributed by atoms with Gasteiger partial charge in [0.2, 0.25) is 5.91 Å². The summed E-state index contributed by atoms with van der Waals surface area (Å²) in [5.41, 5.74) is 0.504. The Kier molecular flexibility index (Phi) is 4.78. The van der Waals surface area contributed by atoms with Gasteiger partial charge in [0, 0.05) is 22.3 Å². The van der Waals surface area contributed by atoms with Crippen molar-refractivity contribution in [2.24, 2.45) is 5.92 Å². The highest BCUT2D eigenvalue weighted by molar-refractivity contribution is 8.13. The van der Waals surface area contributed by atoms with E-state index < -0.39 is 9.05 Å². The van der Waals surface area contributed by atoms with E-state index in [9.17, 15) is 13.2 Å². The molecule has 0 saturated heterocycles. The number of carbonyl (C=O) groups is 1. The second-order valence-corrected chi connectivity index (χ2v) is 8.00. The standard InChI is InChI=1S/C14H18ClNO4S/c1-9-5-11(6-9)16-14(17)8-10-7-12(21(15,18)19)3-4-13(10)20-2/h3-4,7,9,11H,5-6,8H2,1-2H3,(H,16,17). The van der Waals surface area contributed by atoms with Gasteiger partial charge in [-0.3, -0.25) is 4.79 Å². The number of rotatable bonds is 5. The predicted molar refractivity (Wildman–Crippen MR) is 80.1 cm³/mol. The van der Waals surface area contributed by atoms with Gasteiger partial charge in [0.25, 0.3) is 9.05 Å². The van der Waals surface area contributed by atoms with Crippen LogP contribution in [-0.2, 0) is 20.3 Å². The molecule has 2 rings (SSSR count).